The highest BCUT2D eigenvalue weighted by atomic mass is 15.3. The number of pyridine rings is 1. The molecular weight excluding hydrogens is 246 g/mol. The van der Waals surface area contributed by atoms with Gasteiger partial charge in [0.2, 0.25) is 0 Å². The Morgan fingerprint density at radius 1 is 1.35 bits per heavy atom. The molecular formula is C17H25N3. The predicted octanol–water partition coefficient (Wildman–Crippen LogP) is 2.43. The van der Waals surface area contributed by atoms with Gasteiger partial charge in [-0.15, -0.1) is 0 Å². The van der Waals surface area contributed by atoms with Crippen LogP contribution in [0.25, 0.3) is 0 Å². The van der Waals surface area contributed by atoms with Crippen LogP contribution in [-0.2, 0) is 6.54 Å². The van der Waals surface area contributed by atoms with E-state index in [-0.39, 0.29) is 0 Å². The zero-order valence-electron chi connectivity index (χ0n) is 12.4. The molecule has 2 unspecified atom stereocenters. The highest BCUT2D eigenvalue weighted by molar-refractivity contribution is 5.13. The molecule has 3 aliphatic rings. The molecule has 2 heterocycles. The molecule has 2 atom stereocenters. The number of rotatable bonds is 4. The molecule has 1 saturated heterocycles. The van der Waals surface area contributed by atoms with Gasteiger partial charge in [0.1, 0.15) is 0 Å². The molecule has 1 aromatic heterocycles. The van der Waals surface area contributed by atoms with Crippen LogP contribution >= 0.6 is 0 Å². The number of hydrogen-bond donors (Lipinski definition) is 1. The van der Waals surface area contributed by atoms with E-state index >= 15 is 0 Å². The highest BCUT2D eigenvalue weighted by Crippen LogP contribution is 2.46. The van der Waals surface area contributed by atoms with Gasteiger partial charge >= 0.3 is 0 Å². The summed E-state index contributed by atoms with van der Waals surface area (Å²) >= 11 is 0. The molecule has 1 N–H and O–H groups in total. The second kappa shape index (κ2) is 4.81. The topological polar surface area (TPSA) is 28.2 Å². The number of aromatic nitrogens is 1. The van der Waals surface area contributed by atoms with Gasteiger partial charge in [-0.2, -0.15) is 0 Å². The van der Waals surface area contributed by atoms with Gasteiger partial charge in [-0.05, 0) is 56.1 Å². The molecule has 0 radical (unpaired) electrons. The monoisotopic (exact) mass is 271 g/mol. The molecule has 3 nitrogen and oxygen atoms in total. The maximum atomic E-state index is 4.28. The Kier molecular flexibility index (Phi) is 3.08. The highest BCUT2D eigenvalue weighted by Gasteiger charge is 2.49. The van der Waals surface area contributed by atoms with Crippen LogP contribution in [0.15, 0.2) is 24.5 Å². The van der Waals surface area contributed by atoms with Gasteiger partial charge in [-0.25, -0.2) is 0 Å². The smallest absolute Gasteiger partial charge is 0.0338 e. The molecule has 0 amide bonds. The van der Waals surface area contributed by atoms with Gasteiger partial charge in [-0.3, -0.25) is 9.88 Å². The van der Waals surface area contributed by atoms with Gasteiger partial charge < -0.3 is 5.32 Å². The Bertz CT molecular complexity index is 466. The molecule has 0 spiro atoms. The van der Waals surface area contributed by atoms with Crippen LogP contribution < -0.4 is 5.32 Å². The van der Waals surface area contributed by atoms with Crippen LogP contribution in [-0.4, -0.2) is 34.6 Å². The van der Waals surface area contributed by atoms with Crippen LogP contribution in [0.1, 0.15) is 38.2 Å². The third-order valence-electron chi connectivity index (χ3n) is 5.61. The summed E-state index contributed by atoms with van der Waals surface area (Å²) in [5.74, 6) is 1.84. The summed E-state index contributed by atoms with van der Waals surface area (Å²) in [6.07, 6.45) is 9.58. The summed E-state index contributed by atoms with van der Waals surface area (Å²) in [7, 11) is 0. The fraction of sp³-hybridized carbons (Fsp3) is 0.706. The molecule has 20 heavy (non-hydrogen) atoms. The zero-order valence-corrected chi connectivity index (χ0v) is 12.4. The summed E-state index contributed by atoms with van der Waals surface area (Å²) in [4.78, 5) is 7.03. The first kappa shape index (κ1) is 12.8. The first-order chi connectivity index (χ1) is 9.75. The molecule has 1 aliphatic heterocycles. The lowest BCUT2D eigenvalue weighted by Gasteiger charge is -2.49. The van der Waals surface area contributed by atoms with Crippen LogP contribution in [0, 0.1) is 11.8 Å². The Balaban J connectivity index is 1.53. The predicted molar refractivity (Wildman–Crippen MR) is 80.3 cm³/mol. The van der Waals surface area contributed by atoms with Crippen molar-refractivity contribution in [2.45, 2.75) is 50.7 Å². The standard InChI is InChI=1S/C17H25N3/c1-17(15-6-7-15)12-19-16(14-4-5-14)11-20(17)10-13-3-2-8-18-9-13/h2-3,8-9,14-16,19H,4-7,10-12H2,1H3. The van der Waals surface area contributed by atoms with Crippen LogP contribution in [0.3, 0.4) is 0 Å². The normalized spacial score (nSPS) is 35.1. The van der Waals surface area contributed by atoms with Crippen molar-refractivity contribution in [1.82, 2.24) is 15.2 Å². The fourth-order valence-electron chi connectivity index (χ4n) is 3.84. The molecule has 2 aliphatic carbocycles. The molecule has 4 rings (SSSR count). The van der Waals surface area contributed by atoms with Crippen molar-refractivity contribution in [3.63, 3.8) is 0 Å². The third-order valence-corrected chi connectivity index (χ3v) is 5.61. The first-order valence-corrected chi connectivity index (χ1v) is 8.13. The zero-order chi connectivity index (χ0) is 13.6. The quantitative estimate of drug-likeness (QED) is 0.911. The summed E-state index contributed by atoms with van der Waals surface area (Å²) < 4.78 is 0. The van der Waals surface area contributed by atoms with Crippen molar-refractivity contribution in [3.05, 3.63) is 30.1 Å². The summed E-state index contributed by atoms with van der Waals surface area (Å²) in [6, 6.07) is 5.00. The van der Waals surface area contributed by atoms with Crippen LogP contribution in [0.2, 0.25) is 0 Å². The summed E-state index contributed by atoms with van der Waals surface area (Å²) in [5, 5.41) is 3.85. The molecule has 108 valence electrons. The minimum atomic E-state index is 0.348. The minimum absolute atomic E-state index is 0.348. The van der Waals surface area contributed by atoms with Crippen molar-refractivity contribution < 1.29 is 0 Å². The van der Waals surface area contributed by atoms with Gasteiger partial charge in [0.15, 0.2) is 0 Å². The number of hydrogen-bond acceptors (Lipinski definition) is 3. The van der Waals surface area contributed by atoms with Crippen molar-refractivity contribution in [2.24, 2.45) is 11.8 Å². The first-order valence-electron chi connectivity index (χ1n) is 8.13. The van der Waals surface area contributed by atoms with Crippen LogP contribution in [0.4, 0.5) is 0 Å². The number of nitrogens with one attached hydrogen (secondary N) is 1. The number of piperazine rings is 1. The van der Waals surface area contributed by atoms with E-state index < -0.39 is 0 Å². The number of nitrogens with zero attached hydrogens (tertiary/aromatic N) is 2. The van der Waals surface area contributed by atoms with Gasteiger partial charge in [0.05, 0.1) is 0 Å². The largest absolute Gasteiger partial charge is 0.311 e. The molecule has 1 aromatic rings. The van der Waals surface area contributed by atoms with Crippen molar-refractivity contribution >= 4 is 0 Å². The molecule has 0 bridgehead atoms. The average Bonchev–Trinajstić information content (AvgIpc) is 3.33. The van der Waals surface area contributed by atoms with E-state index in [9.17, 15) is 0 Å². The SMILES string of the molecule is CC1(C2CC2)CNC(C2CC2)CN1Cc1cccnc1. The average molecular weight is 271 g/mol. The second-order valence-corrected chi connectivity index (χ2v) is 7.20. The Labute approximate surface area is 121 Å². The van der Waals surface area contributed by atoms with E-state index in [4.69, 9.17) is 0 Å². The van der Waals surface area contributed by atoms with E-state index in [0.717, 1.165) is 24.4 Å². The molecule has 2 saturated carbocycles. The van der Waals surface area contributed by atoms with E-state index in [1.807, 2.05) is 12.4 Å². The maximum Gasteiger partial charge on any atom is 0.0338 e. The Hall–Kier alpha value is -0.930. The lowest BCUT2D eigenvalue weighted by atomic mass is 9.88. The lowest BCUT2D eigenvalue weighted by Crippen LogP contribution is -2.64. The second-order valence-electron chi connectivity index (χ2n) is 7.20. The van der Waals surface area contributed by atoms with Crippen molar-refractivity contribution in [3.8, 4) is 0 Å². The maximum absolute atomic E-state index is 4.28. The summed E-state index contributed by atoms with van der Waals surface area (Å²) in [6.45, 7) is 5.91. The third kappa shape index (κ3) is 2.38. The van der Waals surface area contributed by atoms with E-state index in [1.165, 1.54) is 44.3 Å². The van der Waals surface area contributed by atoms with Crippen LogP contribution in [0.5, 0.6) is 0 Å². The van der Waals surface area contributed by atoms with E-state index in [2.05, 4.69) is 34.3 Å². The Morgan fingerprint density at radius 2 is 2.20 bits per heavy atom. The summed E-state index contributed by atoms with van der Waals surface area (Å²) in [5.41, 5.74) is 1.71. The molecule has 0 aromatic carbocycles. The van der Waals surface area contributed by atoms with Crippen molar-refractivity contribution in [2.75, 3.05) is 13.1 Å². The van der Waals surface area contributed by atoms with E-state index in [1.54, 1.807) is 0 Å². The minimum Gasteiger partial charge on any atom is -0.311 e. The molecule has 3 heteroatoms. The van der Waals surface area contributed by atoms with Gasteiger partial charge in [0, 0.05) is 43.6 Å². The fourth-order valence-corrected chi connectivity index (χ4v) is 3.84. The van der Waals surface area contributed by atoms with Gasteiger partial charge in [0.25, 0.3) is 0 Å². The van der Waals surface area contributed by atoms with Gasteiger partial charge in [-0.1, -0.05) is 6.07 Å². The lowest BCUT2D eigenvalue weighted by molar-refractivity contribution is 0.0234. The van der Waals surface area contributed by atoms with E-state index in [0.29, 0.717) is 5.54 Å². The van der Waals surface area contributed by atoms with Crippen molar-refractivity contribution in [1.29, 1.82) is 0 Å². The Morgan fingerprint density at radius 3 is 2.85 bits per heavy atom. The molecule has 3 fully saturated rings.